The first-order valence-electron chi connectivity index (χ1n) is 8.63. The molecule has 0 aliphatic rings. The minimum atomic E-state index is -0.559. The number of hydrogen-bond donors (Lipinski definition) is 0. The molecule has 0 atom stereocenters. The molecule has 3 aromatic rings. The molecular formula is C21H20N2O5. The van der Waals surface area contributed by atoms with Crippen LogP contribution in [0.2, 0.25) is 0 Å². The summed E-state index contributed by atoms with van der Waals surface area (Å²) in [4.78, 5) is 11.9. The van der Waals surface area contributed by atoms with Crippen molar-refractivity contribution < 1.29 is 23.4 Å². The third-order valence-electron chi connectivity index (χ3n) is 3.80. The molecule has 3 rings (SSSR count). The normalized spacial score (nSPS) is 10.3. The van der Waals surface area contributed by atoms with Gasteiger partial charge in [0.05, 0.1) is 7.11 Å². The van der Waals surface area contributed by atoms with Gasteiger partial charge in [-0.15, -0.1) is 16.8 Å². The lowest BCUT2D eigenvalue weighted by Gasteiger charge is -2.11. The Kier molecular flexibility index (Phi) is 6.41. The molecule has 7 heteroatoms. The number of methoxy groups -OCH3 is 1. The molecule has 0 radical (unpaired) electrons. The van der Waals surface area contributed by atoms with Gasteiger partial charge < -0.3 is 18.6 Å². The van der Waals surface area contributed by atoms with Crippen molar-refractivity contribution in [3.63, 3.8) is 0 Å². The van der Waals surface area contributed by atoms with Crippen molar-refractivity contribution >= 4 is 5.97 Å². The maximum atomic E-state index is 11.9. The van der Waals surface area contributed by atoms with Gasteiger partial charge in [0.15, 0.2) is 24.7 Å². The summed E-state index contributed by atoms with van der Waals surface area (Å²) in [5.41, 5.74) is 1.83. The lowest BCUT2D eigenvalue weighted by Crippen LogP contribution is -2.15. The number of allylic oxidation sites excluding steroid dienone is 1. The molecule has 0 spiro atoms. The largest absolute Gasteiger partial charge is 0.493 e. The van der Waals surface area contributed by atoms with E-state index in [0.29, 0.717) is 23.8 Å². The maximum Gasteiger partial charge on any atom is 0.344 e. The van der Waals surface area contributed by atoms with Crippen molar-refractivity contribution in [1.82, 2.24) is 10.2 Å². The predicted octanol–water partition coefficient (Wildman–Crippen LogP) is 3.60. The Morgan fingerprint density at radius 1 is 1.14 bits per heavy atom. The minimum Gasteiger partial charge on any atom is -0.493 e. The second-order valence-corrected chi connectivity index (χ2v) is 5.79. The van der Waals surface area contributed by atoms with E-state index < -0.39 is 5.97 Å². The van der Waals surface area contributed by atoms with E-state index >= 15 is 0 Å². The quantitative estimate of drug-likeness (QED) is 0.414. The van der Waals surface area contributed by atoms with Gasteiger partial charge in [-0.3, -0.25) is 0 Å². The van der Waals surface area contributed by atoms with Crippen LogP contribution in [0.15, 0.2) is 65.6 Å². The Morgan fingerprint density at radius 2 is 1.96 bits per heavy atom. The fourth-order valence-corrected chi connectivity index (χ4v) is 2.45. The van der Waals surface area contributed by atoms with Crippen molar-refractivity contribution in [2.75, 3.05) is 13.7 Å². The number of carbonyl (C=O) groups is 1. The lowest BCUT2D eigenvalue weighted by molar-refractivity contribution is -0.148. The van der Waals surface area contributed by atoms with Gasteiger partial charge in [-0.25, -0.2) is 4.79 Å². The molecule has 1 heterocycles. The van der Waals surface area contributed by atoms with Crippen LogP contribution in [0, 0.1) is 0 Å². The summed E-state index contributed by atoms with van der Waals surface area (Å²) in [7, 11) is 1.54. The topological polar surface area (TPSA) is 83.7 Å². The number of carbonyl (C=O) groups excluding carboxylic acids is 1. The standard InChI is InChI=1S/C21H20N2O5/c1-3-7-15-10-11-17(18(12-15)25-2)26-14-20(24)27-13-19-22-23-21(28-19)16-8-5-4-6-9-16/h3-6,8-12H,1,7,13-14H2,2H3. The first-order valence-corrected chi connectivity index (χ1v) is 8.63. The van der Waals surface area contributed by atoms with Crippen LogP contribution in [0.25, 0.3) is 11.5 Å². The zero-order valence-corrected chi connectivity index (χ0v) is 15.5. The molecule has 0 fully saturated rings. The SMILES string of the molecule is C=CCc1ccc(OCC(=O)OCc2nnc(-c3ccccc3)o2)c(OC)c1. The van der Waals surface area contributed by atoms with Gasteiger partial charge in [0.2, 0.25) is 5.89 Å². The zero-order chi connectivity index (χ0) is 19.8. The molecule has 0 saturated heterocycles. The van der Waals surface area contributed by atoms with E-state index in [9.17, 15) is 4.79 Å². The lowest BCUT2D eigenvalue weighted by atomic mass is 10.1. The van der Waals surface area contributed by atoms with Gasteiger partial charge in [-0.1, -0.05) is 30.3 Å². The summed E-state index contributed by atoms with van der Waals surface area (Å²) in [5.74, 6) is 1.01. The molecule has 0 aliphatic carbocycles. The highest BCUT2D eigenvalue weighted by atomic mass is 16.6. The van der Waals surface area contributed by atoms with Gasteiger partial charge in [0, 0.05) is 5.56 Å². The number of nitrogens with zero attached hydrogens (tertiary/aromatic N) is 2. The van der Waals surface area contributed by atoms with Gasteiger partial charge in [0.25, 0.3) is 5.89 Å². The fourth-order valence-electron chi connectivity index (χ4n) is 2.45. The third kappa shape index (κ3) is 4.97. The van der Waals surface area contributed by atoms with Gasteiger partial charge in [-0.05, 0) is 36.2 Å². The Bertz CT molecular complexity index is 937. The summed E-state index contributed by atoms with van der Waals surface area (Å²) in [6.45, 7) is 3.31. The van der Waals surface area contributed by atoms with Crippen molar-refractivity contribution in [2.45, 2.75) is 13.0 Å². The number of benzene rings is 2. The highest BCUT2D eigenvalue weighted by Crippen LogP contribution is 2.28. The highest BCUT2D eigenvalue weighted by molar-refractivity contribution is 5.71. The first kappa shape index (κ1) is 19.2. The molecule has 2 aromatic carbocycles. The number of hydrogen-bond acceptors (Lipinski definition) is 7. The fraction of sp³-hybridized carbons (Fsp3) is 0.190. The molecule has 0 saturated carbocycles. The Balaban J connectivity index is 1.51. The molecule has 1 aromatic heterocycles. The molecule has 0 amide bonds. The summed E-state index contributed by atoms with van der Waals surface area (Å²) in [6.07, 6.45) is 2.52. The van der Waals surface area contributed by atoms with Crippen LogP contribution in [0.4, 0.5) is 0 Å². The average molecular weight is 380 g/mol. The Hall–Kier alpha value is -3.61. The van der Waals surface area contributed by atoms with Crippen LogP contribution in [0.1, 0.15) is 11.5 Å². The van der Waals surface area contributed by atoms with Crippen LogP contribution >= 0.6 is 0 Å². The maximum absolute atomic E-state index is 11.9. The molecule has 0 aliphatic heterocycles. The van der Waals surface area contributed by atoms with Gasteiger partial charge in [-0.2, -0.15) is 0 Å². The third-order valence-corrected chi connectivity index (χ3v) is 3.80. The van der Waals surface area contributed by atoms with Crippen LogP contribution in [-0.2, 0) is 22.6 Å². The van der Waals surface area contributed by atoms with Crippen LogP contribution in [0.5, 0.6) is 11.5 Å². The number of esters is 1. The van der Waals surface area contributed by atoms with Crippen LogP contribution < -0.4 is 9.47 Å². The molecule has 0 unspecified atom stereocenters. The number of rotatable bonds is 9. The monoisotopic (exact) mass is 380 g/mol. The van der Waals surface area contributed by atoms with Crippen molar-refractivity contribution in [1.29, 1.82) is 0 Å². The molecule has 28 heavy (non-hydrogen) atoms. The smallest absolute Gasteiger partial charge is 0.344 e. The summed E-state index contributed by atoms with van der Waals surface area (Å²) < 4.78 is 21.4. The molecule has 0 N–H and O–H groups in total. The first-order chi connectivity index (χ1) is 13.7. The summed E-state index contributed by atoms with van der Waals surface area (Å²) in [6, 6.07) is 14.8. The van der Waals surface area contributed by atoms with E-state index in [1.165, 1.54) is 7.11 Å². The van der Waals surface area contributed by atoms with Crippen molar-refractivity contribution in [3.05, 3.63) is 72.6 Å². The summed E-state index contributed by atoms with van der Waals surface area (Å²) >= 11 is 0. The zero-order valence-electron chi connectivity index (χ0n) is 15.5. The highest BCUT2D eigenvalue weighted by Gasteiger charge is 2.13. The molecule has 144 valence electrons. The summed E-state index contributed by atoms with van der Waals surface area (Å²) in [5, 5.41) is 7.82. The average Bonchev–Trinajstić information content (AvgIpc) is 3.21. The number of aromatic nitrogens is 2. The van der Waals surface area contributed by atoms with E-state index in [2.05, 4.69) is 16.8 Å². The molecule has 7 nitrogen and oxygen atoms in total. The Morgan fingerprint density at radius 3 is 2.71 bits per heavy atom. The Labute approximate surface area is 162 Å². The van der Waals surface area contributed by atoms with Crippen molar-refractivity contribution in [3.8, 4) is 23.0 Å². The van der Waals surface area contributed by atoms with Gasteiger partial charge in [0.1, 0.15) is 0 Å². The van der Waals surface area contributed by atoms with E-state index in [1.807, 2.05) is 42.5 Å². The van der Waals surface area contributed by atoms with Crippen LogP contribution in [-0.4, -0.2) is 29.9 Å². The predicted molar refractivity (Wildman–Crippen MR) is 102 cm³/mol. The van der Waals surface area contributed by atoms with Gasteiger partial charge >= 0.3 is 5.97 Å². The number of ether oxygens (including phenoxy) is 3. The second kappa shape index (κ2) is 9.36. The van der Waals surface area contributed by atoms with E-state index in [1.54, 1.807) is 12.1 Å². The van der Waals surface area contributed by atoms with Crippen molar-refractivity contribution in [2.24, 2.45) is 0 Å². The van der Waals surface area contributed by atoms with E-state index in [-0.39, 0.29) is 19.1 Å². The molecular weight excluding hydrogens is 360 g/mol. The minimum absolute atomic E-state index is 0.128. The van der Waals surface area contributed by atoms with E-state index in [4.69, 9.17) is 18.6 Å². The molecule has 0 bridgehead atoms. The van der Waals surface area contributed by atoms with E-state index in [0.717, 1.165) is 11.1 Å². The van der Waals surface area contributed by atoms with Crippen LogP contribution in [0.3, 0.4) is 0 Å². The second-order valence-electron chi connectivity index (χ2n) is 5.79.